The molecule has 32 heavy (non-hydrogen) atoms. The van der Waals surface area contributed by atoms with Crippen LogP contribution in [0, 0.1) is 5.92 Å². The van der Waals surface area contributed by atoms with Crippen molar-refractivity contribution >= 4 is 5.97 Å². The number of nitrogens with zero attached hydrogens (tertiary/aromatic N) is 1. The molecule has 3 aliphatic heterocycles. The monoisotopic (exact) mass is 439 g/mol. The Balaban J connectivity index is 1.37. The molecule has 0 aromatic heterocycles. The SMILES string of the molecule is CC1(C)Oc2c(O)cccc2[C@H]2O[C@H]3CCN(Cc4ccccc4OCC(=O)O)[C@H]3C[C@@H]21. The first-order chi connectivity index (χ1) is 15.3. The number of fused-ring (bicyclic) bond motifs is 4. The van der Waals surface area contributed by atoms with Gasteiger partial charge in [-0.2, -0.15) is 0 Å². The summed E-state index contributed by atoms with van der Waals surface area (Å²) in [4.78, 5) is 13.4. The van der Waals surface area contributed by atoms with E-state index in [2.05, 4.69) is 18.7 Å². The van der Waals surface area contributed by atoms with E-state index in [9.17, 15) is 9.90 Å². The number of carboxylic acid groups (broad SMARTS) is 1. The number of benzene rings is 2. The standard InChI is InChI=1S/C25H29NO6/c1-25(2)17-12-18-21(31-23(17)16-7-5-8-19(27)24(16)32-25)10-11-26(18)13-15-6-3-4-9-20(15)30-14-22(28)29/h3-9,17-18,21,23,27H,10-14H2,1-2H3,(H,28,29)/t17-,18-,21-,23+/m0/s1. The molecule has 170 valence electrons. The first-order valence-electron chi connectivity index (χ1n) is 11.2. The zero-order valence-corrected chi connectivity index (χ0v) is 18.4. The topological polar surface area (TPSA) is 88.5 Å². The van der Waals surface area contributed by atoms with Crippen LogP contribution >= 0.6 is 0 Å². The number of aromatic hydroxyl groups is 1. The lowest BCUT2D eigenvalue weighted by molar-refractivity contribution is -0.163. The number of rotatable bonds is 5. The fourth-order valence-electron chi connectivity index (χ4n) is 5.50. The van der Waals surface area contributed by atoms with E-state index in [1.807, 2.05) is 36.4 Å². The van der Waals surface area contributed by atoms with E-state index in [1.54, 1.807) is 6.07 Å². The summed E-state index contributed by atoms with van der Waals surface area (Å²) >= 11 is 0. The molecule has 0 saturated carbocycles. The molecule has 2 aromatic rings. The Morgan fingerprint density at radius 1 is 1.22 bits per heavy atom. The maximum atomic E-state index is 10.9. The highest BCUT2D eigenvalue weighted by Crippen LogP contribution is 2.54. The maximum Gasteiger partial charge on any atom is 0.341 e. The number of carbonyl (C=O) groups is 1. The van der Waals surface area contributed by atoms with Gasteiger partial charge in [0.25, 0.3) is 0 Å². The quantitative estimate of drug-likeness (QED) is 0.734. The number of phenols is 1. The second-order valence-corrected chi connectivity index (χ2v) is 9.45. The van der Waals surface area contributed by atoms with Crippen molar-refractivity contribution in [1.82, 2.24) is 4.90 Å². The van der Waals surface area contributed by atoms with Gasteiger partial charge in [-0.1, -0.05) is 30.3 Å². The summed E-state index contributed by atoms with van der Waals surface area (Å²) in [5, 5.41) is 19.3. The van der Waals surface area contributed by atoms with E-state index in [4.69, 9.17) is 19.3 Å². The molecule has 7 nitrogen and oxygen atoms in total. The molecular formula is C25H29NO6. The highest BCUT2D eigenvalue weighted by Gasteiger charge is 2.53. The lowest BCUT2D eigenvalue weighted by Crippen LogP contribution is -2.53. The number of hydrogen-bond donors (Lipinski definition) is 2. The van der Waals surface area contributed by atoms with Crippen molar-refractivity contribution in [3.63, 3.8) is 0 Å². The Morgan fingerprint density at radius 3 is 2.84 bits per heavy atom. The molecule has 0 radical (unpaired) electrons. The molecule has 3 heterocycles. The zero-order chi connectivity index (χ0) is 22.5. The molecule has 7 heteroatoms. The number of carboxylic acids is 1. The van der Waals surface area contributed by atoms with Crippen LogP contribution in [-0.2, 0) is 16.1 Å². The second-order valence-electron chi connectivity index (χ2n) is 9.45. The van der Waals surface area contributed by atoms with Crippen molar-refractivity contribution in [3.05, 3.63) is 53.6 Å². The van der Waals surface area contributed by atoms with Gasteiger partial charge in [-0.05, 0) is 38.8 Å². The average Bonchev–Trinajstić information content (AvgIpc) is 3.15. The van der Waals surface area contributed by atoms with E-state index in [0.29, 0.717) is 18.0 Å². The van der Waals surface area contributed by atoms with E-state index in [-0.39, 0.29) is 36.5 Å². The zero-order valence-electron chi connectivity index (χ0n) is 18.4. The van der Waals surface area contributed by atoms with E-state index in [1.165, 1.54) is 0 Å². The summed E-state index contributed by atoms with van der Waals surface area (Å²) in [6, 6.07) is 13.3. The molecule has 4 atom stereocenters. The predicted octanol–water partition coefficient (Wildman–Crippen LogP) is 3.75. The van der Waals surface area contributed by atoms with Gasteiger partial charge in [0, 0.05) is 36.2 Å². The summed E-state index contributed by atoms with van der Waals surface area (Å²) in [7, 11) is 0. The molecule has 2 aromatic carbocycles. The third-order valence-electron chi connectivity index (χ3n) is 7.07. The van der Waals surface area contributed by atoms with Crippen LogP contribution in [0.3, 0.4) is 0 Å². The van der Waals surface area contributed by atoms with Gasteiger partial charge in [-0.3, -0.25) is 4.90 Å². The Morgan fingerprint density at radius 2 is 2.03 bits per heavy atom. The van der Waals surface area contributed by atoms with Crippen LogP contribution in [-0.4, -0.2) is 52.0 Å². The van der Waals surface area contributed by atoms with Crippen LogP contribution in [0.15, 0.2) is 42.5 Å². The number of ether oxygens (including phenoxy) is 3. The molecule has 0 unspecified atom stereocenters. The molecule has 0 amide bonds. The van der Waals surface area contributed by atoms with Crippen molar-refractivity contribution < 1.29 is 29.2 Å². The molecule has 2 fully saturated rings. The highest BCUT2D eigenvalue weighted by atomic mass is 16.5. The smallest absolute Gasteiger partial charge is 0.341 e. The first-order valence-corrected chi connectivity index (χ1v) is 11.2. The summed E-state index contributed by atoms with van der Waals surface area (Å²) in [6.07, 6.45) is 1.86. The van der Waals surface area contributed by atoms with Crippen LogP contribution in [0.5, 0.6) is 17.2 Å². The van der Waals surface area contributed by atoms with Gasteiger partial charge in [0.15, 0.2) is 18.1 Å². The van der Waals surface area contributed by atoms with Crippen LogP contribution < -0.4 is 9.47 Å². The Labute approximate surface area is 187 Å². The van der Waals surface area contributed by atoms with Crippen molar-refractivity contribution in [2.24, 2.45) is 5.92 Å². The van der Waals surface area contributed by atoms with Gasteiger partial charge >= 0.3 is 5.97 Å². The van der Waals surface area contributed by atoms with Crippen molar-refractivity contribution in [2.75, 3.05) is 13.2 Å². The van der Waals surface area contributed by atoms with Gasteiger partial charge in [-0.15, -0.1) is 0 Å². The van der Waals surface area contributed by atoms with Crippen molar-refractivity contribution in [3.8, 4) is 17.2 Å². The minimum atomic E-state index is -0.987. The summed E-state index contributed by atoms with van der Waals surface area (Å²) in [5.74, 6) is 0.469. The third-order valence-corrected chi connectivity index (χ3v) is 7.07. The van der Waals surface area contributed by atoms with Gasteiger partial charge in [0.1, 0.15) is 11.4 Å². The number of hydrogen-bond acceptors (Lipinski definition) is 6. The molecule has 0 spiro atoms. The molecule has 0 bridgehead atoms. The molecule has 3 aliphatic rings. The summed E-state index contributed by atoms with van der Waals surface area (Å²) in [6.45, 7) is 5.36. The number of likely N-dealkylation sites (tertiary alicyclic amines) is 1. The van der Waals surface area contributed by atoms with Crippen LogP contribution in [0.1, 0.15) is 43.9 Å². The third kappa shape index (κ3) is 3.69. The second kappa shape index (κ2) is 7.98. The first kappa shape index (κ1) is 21.1. The fourth-order valence-corrected chi connectivity index (χ4v) is 5.50. The number of phenolic OH excluding ortho intramolecular Hbond substituents is 1. The Bertz CT molecular complexity index is 1020. The molecule has 5 rings (SSSR count). The van der Waals surface area contributed by atoms with Gasteiger partial charge in [-0.25, -0.2) is 4.79 Å². The van der Waals surface area contributed by atoms with Gasteiger partial charge < -0.3 is 24.4 Å². The molecular weight excluding hydrogens is 410 g/mol. The van der Waals surface area contributed by atoms with E-state index >= 15 is 0 Å². The Hall–Kier alpha value is -2.77. The van der Waals surface area contributed by atoms with E-state index in [0.717, 1.165) is 30.5 Å². The molecule has 0 aliphatic carbocycles. The molecule has 2 saturated heterocycles. The largest absolute Gasteiger partial charge is 0.504 e. The fraction of sp³-hybridized carbons (Fsp3) is 0.480. The highest BCUT2D eigenvalue weighted by molar-refractivity contribution is 5.68. The Kier molecular flexibility index (Phi) is 5.26. The average molecular weight is 440 g/mol. The van der Waals surface area contributed by atoms with E-state index < -0.39 is 11.6 Å². The van der Waals surface area contributed by atoms with Crippen LogP contribution in [0.25, 0.3) is 0 Å². The summed E-state index contributed by atoms with van der Waals surface area (Å²) < 4.78 is 18.5. The van der Waals surface area contributed by atoms with Crippen LogP contribution in [0.2, 0.25) is 0 Å². The van der Waals surface area contributed by atoms with Gasteiger partial charge in [0.05, 0.1) is 12.2 Å². The minimum Gasteiger partial charge on any atom is -0.504 e. The lowest BCUT2D eigenvalue weighted by Gasteiger charge is -2.50. The van der Waals surface area contributed by atoms with Gasteiger partial charge in [0.2, 0.25) is 0 Å². The van der Waals surface area contributed by atoms with Crippen LogP contribution in [0.4, 0.5) is 0 Å². The number of aliphatic carboxylic acids is 1. The maximum absolute atomic E-state index is 10.9. The summed E-state index contributed by atoms with van der Waals surface area (Å²) in [5.41, 5.74) is 1.43. The lowest BCUT2D eigenvalue weighted by atomic mass is 9.74. The number of para-hydroxylation sites is 2. The minimum absolute atomic E-state index is 0.103. The van der Waals surface area contributed by atoms with Crippen molar-refractivity contribution in [2.45, 2.75) is 57.1 Å². The van der Waals surface area contributed by atoms with Crippen molar-refractivity contribution in [1.29, 1.82) is 0 Å². The molecule has 2 N–H and O–H groups in total. The normalized spacial score (nSPS) is 28.2. The predicted molar refractivity (Wildman–Crippen MR) is 117 cm³/mol.